The van der Waals surface area contributed by atoms with E-state index in [0.717, 1.165) is 19.3 Å². The van der Waals surface area contributed by atoms with Crippen LogP contribution in [0.1, 0.15) is 64.2 Å². The molecule has 3 saturated carbocycles. The highest BCUT2D eigenvalue weighted by molar-refractivity contribution is 7.89. The predicted octanol–water partition coefficient (Wildman–Crippen LogP) is 2.98. The van der Waals surface area contributed by atoms with E-state index < -0.39 is 27.3 Å². The van der Waals surface area contributed by atoms with Crippen LogP contribution in [0.15, 0.2) is 0 Å². The Labute approximate surface area is 211 Å². The molecular weight excluding hydrogens is 511 g/mol. The minimum Gasteiger partial charge on any atom is -0.394 e. The summed E-state index contributed by atoms with van der Waals surface area (Å²) in [6, 6.07) is -0.533. The lowest BCUT2D eigenvalue weighted by atomic mass is 9.84. The fraction of sp³-hybridized carbons (Fsp3) is 0.955. The van der Waals surface area contributed by atoms with Crippen molar-refractivity contribution in [3.05, 3.63) is 0 Å². The number of morpholine rings is 1. The first kappa shape index (κ1) is 26.2. The maximum absolute atomic E-state index is 13.6. The Bertz CT molecular complexity index is 785. The highest BCUT2D eigenvalue weighted by atomic mass is 35.5. The van der Waals surface area contributed by atoms with Crippen molar-refractivity contribution in [1.82, 2.24) is 9.62 Å². The first-order valence-corrected chi connectivity index (χ1v) is 15.0. The number of nitrogens with one attached hydrogen (secondary N) is 1. The van der Waals surface area contributed by atoms with Crippen molar-refractivity contribution < 1.29 is 23.1 Å². The number of nitrogens with zero attached hydrogens (tertiary/aromatic N) is 1. The average molecular weight is 546 g/mol. The number of ether oxygens (including phenoxy) is 1. The summed E-state index contributed by atoms with van der Waals surface area (Å²) in [5, 5.41) is 11.8. The predicted molar refractivity (Wildman–Crippen MR) is 129 cm³/mol. The second-order valence-electron chi connectivity index (χ2n) is 10.0. The van der Waals surface area contributed by atoms with E-state index in [1.165, 1.54) is 0 Å². The van der Waals surface area contributed by atoms with Gasteiger partial charge in [-0.3, -0.25) is 4.79 Å². The molecule has 7 nitrogen and oxygen atoms in total. The molecule has 11 heteroatoms. The highest BCUT2D eigenvalue weighted by Crippen LogP contribution is 2.38. The zero-order valence-electron chi connectivity index (χ0n) is 18.8. The molecule has 6 atom stereocenters. The van der Waals surface area contributed by atoms with Crippen molar-refractivity contribution in [2.24, 2.45) is 5.92 Å². The van der Waals surface area contributed by atoms with Crippen molar-refractivity contribution >= 4 is 50.7 Å². The molecule has 4 rings (SSSR count). The van der Waals surface area contributed by atoms with Gasteiger partial charge in [-0.2, -0.15) is 4.31 Å². The largest absolute Gasteiger partial charge is 0.394 e. The SMILES string of the molecule is O=C(NC1CCC2O[C@H](CO)CN(S(=O)(=O)C3CCC(Cl)CC3)C2C1)C1C(Cl)CCCC1Cl. The summed E-state index contributed by atoms with van der Waals surface area (Å²) in [4.78, 5) is 13.0. The third-order valence-electron chi connectivity index (χ3n) is 7.82. The third kappa shape index (κ3) is 5.78. The van der Waals surface area contributed by atoms with Gasteiger partial charge >= 0.3 is 0 Å². The standard InChI is InChI=1S/C22H35Cl3N2O5S/c23-13-4-7-16(8-5-13)33(30,31)27-11-15(12-28)32-20-9-6-14(10-19(20)27)26-22(29)21-17(24)2-1-3-18(21)25/h13-21,28H,1-12H2,(H,26,29)/t13?,14?,15-,16?,17?,18?,19?,20?,21?/m0/s1. The monoisotopic (exact) mass is 544 g/mol. The quantitative estimate of drug-likeness (QED) is 0.518. The maximum Gasteiger partial charge on any atom is 0.226 e. The average Bonchev–Trinajstić information content (AvgIpc) is 2.78. The number of fused-ring (bicyclic) bond motifs is 1. The zero-order valence-corrected chi connectivity index (χ0v) is 21.8. The molecule has 4 aliphatic rings. The summed E-state index contributed by atoms with van der Waals surface area (Å²) in [6.07, 6.45) is 5.87. The lowest BCUT2D eigenvalue weighted by molar-refractivity contribution is -0.133. The summed E-state index contributed by atoms with van der Waals surface area (Å²) < 4.78 is 34.9. The van der Waals surface area contributed by atoms with Crippen LogP contribution in [0.2, 0.25) is 0 Å². The molecule has 1 heterocycles. The lowest BCUT2D eigenvalue weighted by Crippen LogP contribution is -2.63. The topological polar surface area (TPSA) is 95.9 Å². The summed E-state index contributed by atoms with van der Waals surface area (Å²) in [5.74, 6) is -0.579. The number of alkyl halides is 3. The maximum atomic E-state index is 13.6. The summed E-state index contributed by atoms with van der Waals surface area (Å²) in [7, 11) is -3.58. The Morgan fingerprint density at radius 1 is 1.00 bits per heavy atom. The number of aliphatic hydroxyl groups is 1. The van der Waals surface area contributed by atoms with Gasteiger partial charge in [-0.1, -0.05) is 6.42 Å². The van der Waals surface area contributed by atoms with Gasteiger partial charge in [-0.15, -0.1) is 34.8 Å². The van der Waals surface area contributed by atoms with Crippen LogP contribution < -0.4 is 5.32 Å². The Hall–Kier alpha value is 0.170. The summed E-state index contributed by atoms with van der Waals surface area (Å²) >= 11 is 19.1. The zero-order chi connectivity index (χ0) is 23.8. The van der Waals surface area contributed by atoms with Crippen LogP contribution in [-0.2, 0) is 19.6 Å². The van der Waals surface area contributed by atoms with Crippen LogP contribution in [0.4, 0.5) is 0 Å². The van der Waals surface area contributed by atoms with E-state index in [1.807, 2.05) is 0 Å². The lowest BCUT2D eigenvalue weighted by Gasteiger charge is -2.49. The fourth-order valence-electron chi connectivity index (χ4n) is 5.96. The van der Waals surface area contributed by atoms with E-state index in [0.29, 0.717) is 44.9 Å². The Kier molecular flexibility index (Phi) is 8.79. The van der Waals surface area contributed by atoms with Gasteiger partial charge in [0.05, 0.1) is 36.0 Å². The number of aliphatic hydroxyl groups excluding tert-OH is 1. The van der Waals surface area contributed by atoms with Crippen molar-refractivity contribution in [3.63, 3.8) is 0 Å². The molecule has 1 aliphatic heterocycles. The van der Waals surface area contributed by atoms with Crippen LogP contribution in [0, 0.1) is 5.92 Å². The Balaban J connectivity index is 1.47. The van der Waals surface area contributed by atoms with E-state index in [-0.39, 0.29) is 53.4 Å². The van der Waals surface area contributed by atoms with Crippen LogP contribution in [0.5, 0.6) is 0 Å². The van der Waals surface area contributed by atoms with E-state index in [9.17, 15) is 18.3 Å². The second-order valence-corrected chi connectivity index (χ2v) is 13.9. The van der Waals surface area contributed by atoms with Gasteiger partial charge < -0.3 is 15.2 Å². The minimum absolute atomic E-state index is 0.0321. The van der Waals surface area contributed by atoms with Crippen LogP contribution in [-0.4, -0.2) is 82.6 Å². The first-order chi connectivity index (χ1) is 15.7. The molecular formula is C22H35Cl3N2O5S. The van der Waals surface area contributed by atoms with E-state index in [1.54, 1.807) is 4.31 Å². The molecule has 1 saturated heterocycles. The van der Waals surface area contributed by atoms with Crippen molar-refractivity contribution in [1.29, 1.82) is 0 Å². The number of hydrogen-bond acceptors (Lipinski definition) is 5. The third-order valence-corrected chi connectivity index (χ3v) is 11.6. The van der Waals surface area contributed by atoms with E-state index in [2.05, 4.69) is 5.32 Å². The van der Waals surface area contributed by atoms with Gasteiger partial charge in [0.2, 0.25) is 15.9 Å². The number of amides is 1. The van der Waals surface area contributed by atoms with Crippen LogP contribution in [0.25, 0.3) is 0 Å². The van der Waals surface area contributed by atoms with Gasteiger partial charge in [-0.05, 0) is 57.8 Å². The van der Waals surface area contributed by atoms with Crippen molar-refractivity contribution in [2.75, 3.05) is 13.2 Å². The molecule has 0 bridgehead atoms. The molecule has 0 radical (unpaired) electrons. The molecule has 33 heavy (non-hydrogen) atoms. The molecule has 3 aliphatic carbocycles. The fourth-order valence-corrected chi connectivity index (χ4v) is 9.40. The highest BCUT2D eigenvalue weighted by Gasteiger charge is 2.48. The molecule has 190 valence electrons. The van der Waals surface area contributed by atoms with Gasteiger partial charge in [0.15, 0.2) is 0 Å². The molecule has 5 unspecified atom stereocenters. The number of sulfonamides is 1. The number of halogens is 3. The van der Waals surface area contributed by atoms with Gasteiger partial charge in [0, 0.05) is 28.7 Å². The Morgan fingerprint density at radius 3 is 2.30 bits per heavy atom. The number of hydrogen-bond donors (Lipinski definition) is 2. The smallest absolute Gasteiger partial charge is 0.226 e. The Morgan fingerprint density at radius 2 is 1.67 bits per heavy atom. The summed E-state index contributed by atoms with van der Waals surface area (Å²) in [6.45, 7) is -0.0860. The molecule has 1 amide bonds. The molecule has 4 fully saturated rings. The van der Waals surface area contributed by atoms with Crippen LogP contribution in [0.3, 0.4) is 0 Å². The number of carbonyl (C=O) groups excluding carboxylic acids is 1. The second kappa shape index (κ2) is 11.1. The number of carbonyl (C=O) groups is 1. The van der Waals surface area contributed by atoms with Crippen molar-refractivity contribution in [3.8, 4) is 0 Å². The van der Waals surface area contributed by atoms with E-state index in [4.69, 9.17) is 39.5 Å². The molecule has 2 N–H and O–H groups in total. The van der Waals surface area contributed by atoms with Crippen molar-refractivity contribution in [2.45, 2.75) is 110 Å². The molecule has 0 aromatic rings. The van der Waals surface area contributed by atoms with Gasteiger partial charge in [0.25, 0.3) is 0 Å². The summed E-state index contributed by atoms with van der Waals surface area (Å²) in [5.41, 5.74) is 0. The normalized spacial score (nSPS) is 43.0. The first-order valence-electron chi connectivity index (χ1n) is 12.2. The number of rotatable bonds is 5. The van der Waals surface area contributed by atoms with E-state index >= 15 is 0 Å². The molecule has 0 aromatic carbocycles. The van der Waals surface area contributed by atoms with Gasteiger partial charge in [-0.25, -0.2) is 8.42 Å². The van der Waals surface area contributed by atoms with Gasteiger partial charge in [0.1, 0.15) is 0 Å². The molecule has 0 spiro atoms. The molecule has 0 aromatic heterocycles. The minimum atomic E-state index is -3.58. The van der Waals surface area contributed by atoms with Crippen LogP contribution >= 0.6 is 34.8 Å².